The quantitative estimate of drug-likeness (QED) is 0.624. The lowest BCUT2D eigenvalue weighted by molar-refractivity contribution is -0.114. The number of anilines is 3. The van der Waals surface area contributed by atoms with E-state index in [0.717, 1.165) is 16.3 Å². The molecule has 1 aromatic carbocycles. The molecule has 0 unspecified atom stereocenters. The van der Waals surface area contributed by atoms with Crippen LogP contribution in [0.2, 0.25) is 0 Å². The summed E-state index contributed by atoms with van der Waals surface area (Å²) < 4.78 is 0. The number of carboxylic acid groups (broad SMARTS) is 1. The molecule has 0 fully saturated rings. The van der Waals surface area contributed by atoms with E-state index in [4.69, 9.17) is 5.11 Å². The van der Waals surface area contributed by atoms with Crippen LogP contribution in [0.15, 0.2) is 29.6 Å². The van der Waals surface area contributed by atoms with E-state index in [-0.39, 0.29) is 11.5 Å². The molecule has 7 nitrogen and oxygen atoms in total. The standard InChI is InChI=1S/C16H14N4O3S2/c1-8-13(25-16(17-8)18-9(2)21)12-7-24-15(20-12)19-11-5-3-4-10(6-11)14(22)23/h3-7H,1-2H3,(H,19,20)(H,22,23)(H,17,18,21). The second-order valence-corrected chi connectivity index (χ2v) is 7.02. The van der Waals surface area contributed by atoms with Crippen molar-refractivity contribution in [3.8, 4) is 10.6 Å². The van der Waals surface area contributed by atoms with Gasteiger partial charge in [-0.05, 0) is 25.1 Å². The fourth-order valence-electron chi connectivity index (χ4n) is 2.13. The summed E-state index contributed by atoms with van der Waals surface area (Å²) >= 11 is 2.77. The van der Waals surface area contributed by atoms with Gasteiger partial charge in [-0.3, -0.25) is 4.79 Å². The van der Waals surface area contributed by atoms with E-state index < -0.39 is 5.97 Å². The van der Waals surface area contributed by atoms with Crippen LogP contribution >= 0.6 is 22.7 Å². The van der Waals surface area contributed by atoms with Crippen LogP contribution in [-0.2, 0) is 4.79 Å². The van der Waals surface area contributed by atoms with Crippen LogP contribution in [0.25, 0.3) is 10.6 Å². The van der Waals surface area contributed by atoms with Gasteiger partial charge in [0, 0.05) is 18.0 Å². The fraction of sp³-hybridized carbons (Fsp3) is 0.125. The van der Waals surface area contributed by atoms with Crippen molar-refractivity contribution in [1.29, 1.82) is 0 Å². The number of rotatable bonds is 5. The van der Waals surface area contributed by atoms with Crippen molar-refractivity contribution < 1.29 is 14.7 Å². The van der Waals surface area contributed by atoms with Crippen LogP contribution in [0, 0.1) is 6.92 Å². The number of benzene rings is 1. The molecule has 3 rings (SSSR count). The van der Waals surface area contributed by atoms with E-state index in [1.807, 2.05) is 12.3 Å². The molecule has 0 saturated carbocycles. The Morgan fingerprint density at radius 1 is 1.20 bits per heavy atom. The molecule has 0 aliphatic rings. The summed E-state index contributed by atoms with van der Waals surface area (Å²) in [6.07, 6.45) is 0. The number of aryl methyl sites for hydroxylation is 1. The van der Waals surface area contributed by atoms with Crippen molar-refractivity contribution in [2.45, 2.75) is 13.8 Å². The zero-order chi connectivity index (χ0) is 18.0. The number of amides is 1. The smallest absolute Gasteiger partial charge is 0.335 e. The number of carboxylic acids is 1. The molecule has 3 N–H and O–H groups in total. The molecular formula is C16H14N4O3S2. The summed E-state index contributed by atoms with van der Waals surface area (Å²) in [5, 5.41) is 17.9. The molecule has 0 bridgehead atoms. The van der Waals surface area contributed by atoms with Crippen molar-refractivity contribution in [3.63, 3.8) is 0 Å². The van der Waals surface area contributed by atoms with Gasteiger partial charge in [0.1, 0.15) is 0 Å². The summed E-state index contributed by atoms with van der Waals surface area (Å²) in [6, 6.07) is 6.54. The molecule has 2 heterocycles. The van der Waals surface area contributed by atoms with Gasteiger partial charge in [-0.1, -0.05) is 17.4 Å². The van der Waals surface area contributed by atoms with Gasteiger partial charge in [-0.2, -0.15) is 0 Å². The molecular weight excluding hydrogens is 360 g/mol. The van der Waals surface area contributed by atoms with Gasteiger partial charge in [0.15, 0.2) is 10.3 Å². The minimum atomic E-state index is -0.978. The number of thiazole rings is 2. The Kier molecular flexibility index (Phi) is 4.77. The number of aromatic carboxylic acids is 1. The highest BCUT2D eigenvalue weighted by Crippen LogP contribution is 2.35. The van der Waals surface area contributed by atoms with Crippen molar-refractivity contribution in [2.75, 3.05) is 10.6 Å². The molecule has 128 valence electrons. The average molecular weight is 374 g/mol. The maximum Gasteiger partial charge on any atom is 0.335 e. The molecule has 0 radical (unpaired) electrons. The zero-order valence-corrected chi connectivity index (χ0v) is 15.0. The molecule has 9 heteroatoms. The molecule has 2 aromatic heterocycles. The first-order valence-electron chi connectivity index (χ1n) is 7.23. The van der Waals surface area contributed by atoms with Gasteiger partial charge in [0.25, 0.3) is 0 Å². The van der Waals surface area contributed by atoms with Gasteiger partial charge < -0.3 is 15.7 Å². The van der Waals surface area contributed by atoms with Gasteiger partial charge in [-0.25, -0.2) is 14.8 Å². The number of aromatic nitrogens is 2. The van der Waals surface area contributed by atoms with Crippen LogP contribution in [0.3, 0.4) is 0 Å². The number of hydrogen-bond acceptors (Lipinski definition) is 7. The minimum Gasteiger partial charge on any atom is -0.478 e. The predicted molar refractivity (Wildman–Crippen MR) is 98.9 cm³/mol. The largest absolute Gasteiger partial charge is 0.478 e. The number of carbonyl (C=O) groups excluding carboxylic acids is 1. The lowest BCUT2D eigenvalue weighted by Crippen LogP contribution is -2.04. The third kappa shape index (κ3) is 4.01. The van der Waals surface area contributed by atoms with E-state index >= 15 is 0 Å². The highest BCUT2D eigenvalue weighted by molar-refractivity contribution is 7.20. The van der Waals surface area contributed by atoms with Gasteiger partial charge >= 0.3 is 5.97 Å². The van der Waals surface area contributed by atoms with Crippen LogP contribution < -0.4 is 10.6 Å². The summed E-state index contributed by atoms with van der Waals surface area (Å²) in [6.45, 7) is 3.30. The van der Waals surface area contributed by atoms with Crippen LogP contribution in [0.5, 0.6) is 0 Å². The first-order valence-corrected chi connectivity index (χ1v) is 8.93. The monoisotopic (exact) mass is 374 g/mol. The Balaban J connectivity index is 1.81. The second kappa shape index (κ2) is 6.99. The van der Waals surface area contributed by atoms with Crippen LogP contribution in [0.4, 0.5) is 16.0 Å². The Morgan fingerprint density at radius 2 is 2.00 bits per heavy atom. The fourth-order valence-corrected chi connectivity index (χ4v) is 3.90. The molecule has 1 amide bonds. The highest BCUT2D eigenvalue weighted by atomic mass is 32.1. The third-order valence-corrected chi connectivity index (χ3v) is 5.03. The van der Waals surface area contributed by atoms with E-state index in [1.165, 1.54) is 35.7 Å². The van der Waals surface area contributed by atoms with Gasteiger partial charge in [-0.15, -0.1) is 11.3 Å². The van der Waals surface area contributed by atoms with E-state index in [9.17, 15) is 9.59 Å². The molecule has 0 aliphatic heterocycles. The number of carbonyl (C=O) groups is 2. The van der Waals surface area contributed by atoms with Crippen molar-refractivity contribution in [2.24, 2.45) is 0 Å². The molecule has 0 saturated heterocycles. The number of nitrogens with one attached hydrogen (secondary N) is 2. The zero-order valence-electron chi connectivity index (χ0n) is 13.4. The molecule has 0 aliphatic carbocycles. The van der Waals surface area contributed by atoms with E-state index in [2.05, 4.69) is 20.6 Å². The first-order chi connectivity index (χ1) is 11.9. The lowest BCUT2D eigenvalue weighted by Gasteiger charge is -2.03. The Morgan fingerprint density at radius 3 is 2.72 bits per heavy atom. The highest BCUT2D eigenvalue weighted by Gasteiger charge is 2.14. The summed E-state index contributed by atoms with van der Waals surface area (Å²) in [5.74, 6) is -1.14. The molecule has 3 aromatic rings. The Hall–Kier alpha value is -2.78. The maximum atomic E-state index is 11.1. The summed E-state index contributed by atoms with van der Waals surface area (Å²) in [5.41, 5.74) is 2.41. The van der Waals surface area contributed by atoms with E-state index in [0.29, 0.717) is 16.0 Å². The molecule has 0 spiro atoms. The summed E-state index contributed by atoms with van der Waals surface area (Å²) in [7, 11) is 0. The SMILES string of the molecule is CC(=O)Nc1nc(C)c(-c2csc(Nc3cccc(C(=O)O)c3)n2)s1. The van der Waals surface area contributed by atoms with Crippen LogP contribution in [0.1, 0.15) is 23.0 Å². The van der Waals surface area contributed by atoms with Gasteiger partial charge in [0.05, 0.1) is 21.8 Å². The molecule has 25 heavy (non-hydrogen) atoms. The Bertz CT molecular complexity index is 949. The number of nitrogens with zero attached hydrogens (tertiary/aromatic N) is 2. The third-order valence-electron chi connectivity index (χ3n) is 3.18. The van der Waals surface area contributed by atoms with Crippen molar-refractivity contribution in [1.82, 2.24) is 9.97 Å². The average Bonchev–Trinajstić information content (AvgIpc) is 3.13. The van der Waals surface area contributed by atoms with Gasteiger partial charge in [0.2, 0.25) is 5.91 Å². The van der Waals surface area contributed by atoms with E-state index in [1.54, 1.807) is 18.2 Å². The first kappa shape index (κ1) is 17.1. The van der Waals surface area contributed by atoms with Crippen molar-refractivity contribution in [3.05, 3.63) is 40.9 Å². The minimum absolute atomic E-state index is 0.167. The number of hydrogen-bond donors (Lipinski definition) is 3. The molecule has 0 atom stereocenters. The van der Waals surface area contributed by atoms with Crippen molar-refractivity contribution >= 4 is 50.5 Å². The Labute approximate surface area is 151 Å². The van der Waals surface area contributed by atoms with Crippen LogP contribution in [-0.4, -0.2) is 27.0 Å². The topological polar surface area (TPSA) is 104 Å². The maximum absolute atomic E-state index is 11.1. The summed E-state index contributed by atoms with van der Waals surface area (Å²) in [4.78, 5) is 31.9. The predicted octanol–water partition coefficient (Wildman–Crippen LogP) is 3.98. The second-order valence-electron chi connectivity index (χ2n) is 5.16. The normalized spacial score (nSPS) is 10.5. The lowest BCUT2D eigenvalue weighted by atomic mass is 10.2.